The molecule has 1 fully saturated rings. The molecule has 0 heterocycles. The fraction of sp³-hybridized carbons (Fsp3) is 0.455. The molecule has 2 rings (SSSR count). The zero-order valence-electron chi connectivity index (χ0n) is 7.42. The van der Waals surface area contributed by atoms with Crippen molar-refractivity contribution in [2.24, 2.45) is 5.92 Å². The summed E-state index contributed by atoms with van der Waals surface area (Å²) < 4.78 is 18.0. The van der Waals surface area contributed by atoms with E-state index in [-0.39, 0.29) is 5.82 Å². The largest absolute Gasteiger partial charge is 0.493 e. The van der Waals surface area contributed by atoms with Crippen LogP contribution in [-0.4, -0.2) is 6.61 Å². The highest BCUT2D eigenvalue weighted by atomic mass is 19.1. The lowest BCUT2D eigenvalue weighted by Gasteiger charge is -2.24. The van der Waals surface area contributed by atoms with Crippen molar-refractivity contribution in [3.05, 3.63) is 30.1 Å². The third-order valence-electron chi connectivity index (χ3n) is 2.43. The summed E-state index contributed by atoms with van der Waals surface area (Å²) >= 11 is 0. The fourth-order valence-corrected chi connectivity index (χ4v) is 1.37. The molecular weight excluding hydrogens is 167 g/mol. The number of rotatable bonds is 3. The molecule has 0 spiro atoms. The van der Waals surface area contributed by atoms with Gasteiger partial charge in [-0.05, 0) is 30.9 Å². The van der Waals surface area contributed by atoms with E-state index >= 15 is 0 Å². The number of halogens is 1. The van der Waals surface area contributed by atoms with Gasteiger partial charge in [0, 0.05) is 0 Å². The van der Waals surface area contributed by atoms with E-state index in [9.17, 15) is 4.39 Å². The Morgan fingerprint density at radius 2 is 2.31 bits per heavy atom. The van der Waals surface area contributed by atoms with Crippen LogP contribution in [0, 0.1) is 17.8 Å². The standard InChI is InChI=1S/C11H12FO/c12-10-5-2-6-11(7-10)13-8-9-3-1-4-9/h2,5-6,9H,1,3-4,8H2. The van der Waals surface area contributed by atoms with Gasteiger partial charge in [-0.2, -0.15) is 0 Å². The van der Waals surface area contributed by atoms with E-state index in [0.29, 0.717) is 18.3 Å². The van der Waals surface area contributed by atoms with E-state index in [0.717, 1.165) is 0 Å². The lowest BCUT2D eigenvalue weighted by Crippen LogP contribution is -2.19. The Hall–Kier alpha value is -1.05. The summed E-state index contributed by atoms with van der Waals surface area (Å²) in [5, 5.41) is 0. The molecule has 2 heteroatoms. The van der Waals surface area contributed by atoms with E-state index < -0.39 is 0 Å². The molecule has 0 atom stereocenters. The highest BCUT2D eigenvalue weighted by Gasteiger charge is 2.17. The highest BCUT2D eigenvalue weighted by Crippen LogP contribution is 2.26. The third kappa shape index (κ3) is 2.20. The molecule has 1 aliphatic carbocycles. The second-order valence-electron chi connectivity index (χ2n) is 3.47. The molecule has 0 bridgehead atoms. The number of hydrogen-bond donors (Lipinski definition) is 0. The summed E-state index contributed by atoms with van der Waals surface area (Å²) in [5.74, 6) is 0.842. The average Bonchev–Trinajstić information content (AvgIpc) is 2.01. The van der Waals surface area contributed by atoms with Crippen molar-refractivity contribution in [3.8, 4) is 5.75 Å². The van der Waals surface area contributed by atoms with Gasteiger partial charge in [-0.3, -0.25) is 0 Å². The molecule has 1 aromatic rings. The van der Waals surface area contributed by atoms with Crippen LogP contribution >= 0.6 is 0 Å². The quantitative estimate of drug-likeness (QED) is 0.693. The molecule has 13 heavy (non-hydrogen) atoms. The predicted molar refractivity (Wildman–Crippen MR) is 48.1 cm³/mol. The first-order valence-corrected chi connectivity index (χ1v) is 4.65. The van der Waals surface area contributed by atoms with E-state index in [1.165, 1.54) is 25.3 Å². The number of benzene rings is 1. The summed E-state index contributed by atoms with van der Waals surface area (Å²) in [5.41, 5.74) is 0. The summed E-state index contributed by atoms with van der Waals surface area (Å²) in [7, 11) is 0. The summed E-state index contributed by atoms with van der Waals surface area (Å²) in [6.07, 6.45) is 3.80. The Morgan fingerprint density at radius 3 is 2.92 bits per heavy atom. The maximum atomic E-state index is 12.7. The summed E-state index contributed by atoms with van der Waals surface area (Å²) in [6, 6.07) is 7.27. The van der Waals surface area contributed by atoms with Crippen LogP contribution in [0.25, 0.3) is 0 Å². The van der Waals surface area contributed by atoms with Crippen LogP contribution in [0.2, 0.25) is 0 Å². The maximum Gasteiger partial charge on any atom is 0.135 e. The van der Waals surface area contributed by atoms with Crippen LogP contribution < -0.4 is 4.74 Å². The Morgan fingerprint density at radius 1 is 1.46 bits per heavy atom. The Kier molecular flexibility index (Phi) is 2.48. The molecule has 1 aliphatic rings. The zero-order valence-corrected chi connectivity index (χ0v) is 7.42. The Bertz CT molecular complexity index is 281. The molecule has 0 unspecified atom stereocenters. The predicted octanol–water partition coefficient (Wildman–Crippen LogP) is 2.80. The van der Waals surface area contributed by atoms with Gasteiger partial charge in [-0.1, -0.05) is 12.5 Å². The lowest BCUT2D eigenvalue weighted by atomic mass is 9.86. The zero-order chi connectivity index (χ0) is 9.10. The second-order valence-corrected chi connectivity index (χ2v) is 3.47. The van der Waals surface area contributed by atoms with Crippen molar-refractivity contribution in [2.75, 3.05) is 6.61 Å². The molecule has 0 saturated heterocycles. The van der Waals surface area contributed by atoms with Crippen LogP contribution in [0.15, 0.2) is 18.2 Å². The molecule has 1 saturated carbocycles. The van der Waals surface area contributed by atoms with Crippen LogP contribution in [0.5, 0.6) is 5.75 Å². The van der Waals surface area contributed by atoms with Crippen molar-refractivity contribution >= 4 is 0 Å². The normalized spacial score (nSPS) is 16.7. The van der Waals surface area contributed by atoms with Crippen LogP contribution in [0.4, 0.5) is 4.39 Å². The number of hydrogen-bond acceptors (Lipinski definition) is 1. The fourth-order valence-electron chi connectivity index (χ4n) is 1.37. The number of ether oxygens (including phenoxy) is 1. The Balaban J connectivity index is 1.86. The highest BCUT2D eigenvalue weighted by molar-refractivity contribution is 5.20. The molecule has 1 aromatic carbocycles. The van der Waals surface area contributed by atoms with Crippen molar-refractivity contribution < 1.29 is 9.13 Å². The van der Waals surface area contributed by atoms with Crippen molar-refractivity contribution in [1.29, 1.82) is 0 Å². The van der Waals surface area contributed by atoms with Crippen LogP contribution in [-0.2, 0) is 0 Å². The lowest BCUT2D eigenvalue weighted by molar-refractivity contribution is 0.180. The van der Waals surface area contributed by atoms with E-state index in [2.05, 4.69) is 6.07 Å². The summed E-state index contributed by atoms with van der Waals surface area (Å²) in [6.45, 7) is 0.708. The SMILES string of the molecule is Fc1[c]c(OCC2CCC2)ccc1. The summed E-state index contributed by atoms with van der Waals surface area (Å²) in [4.78, 5) is 0. The molecule has 1 nitrogen and oxygen atoms in total. The molecule has 1 radical (unpaired) electrons. The van der Waals surface area contributed by atoms with E-state index in [4.69, 9.17) is 4.74 Å². The van der Waals surface area contributed by atoms with Gasteiger partial charge in [0.2, 0.25) is 0 Å². The van der Waals surface area contributed by atoms with Crippen molar-refractivity contribution in [2.45, 2.75) is 19.3 Å². The van der Waals surface area contributed by atoms with Crippen LogP contribution in [0.1, 0.15) is 19.3 Å². The molecule has 0 aliphatic heterocycles. The molecule has 0 amide bonds. The van der Waals surface area contributed by atoms with Crippen LogP contribution in [0.3, 0.4) is 0 Å². The second kappa shape index (κ2) is 3.77. The van der Waals surface area contributed by atoms with Crippen molar-refractivity contribution in [3.63, 3.8) is 0 Å². The van der Waals surface area contributed by atoms with Gasteiger partial charge < -0.3 is 4.74 Å². The minimum absolute atomic E-state index is 0.355. The first-order valence-electron chi connectivity index (χ1n) is 4.65. The van der Waals surface area contributed by atoms with Gasteiger partial charge in [0.15, 0.2) is 0 Å². The molecule has 69 valence electrons. The first-order chi connectivity index (χ1) is 6.34. The Labute approximate surface area is 77.5 Å². The van der Waals surface area contributed by atoms with Gasteiger partial charge in [-0.15, -0.1) is 0 Å². The minimum atomic E-state index is -0.355. The van der Waals surface area contributed by atoms with Gasteiger partial charge in [0.1, 0.15) is 11.6 Å². The van der Waals surface area contributed by atoms with Crippen molar-refractivity contribution in [1.82, 2.24) is 0 Å². The minimum Gasteiger partial charge on any atom is -0.493 e. The van der Waals surface area contributed by atoms with E-state index in [1.807, 2.05) is 0 Å². The smallest absolute Gasteiger partial charge is 0.135 e. The monoisotopic (exact) mass is 179 g/mol. The van der Waals surface area contributed by atoms with Gasteiger partial charge >= 0.3 is 0 Å². The third-order valence-corrected chi connectivity index (χ3v) is 2.43. The average molecular weight is 179 g/mol. The molecule has 0 N–H and O–H groups in total. The van der Waals surface area contributed by atoms with Gasteiger partial charge in [0.05, 0.1) is 12.7 Å². The maximum absolute atomic E-state index is 12.7. The topological polar surface area (TPSA) is 9.23 Å². The van der Waals surface area contributed by atoms with Gasteiger partial charge in [0.25, 0.3) is 0 Å². The van der Waals surface area contributed by atoms with Gasteiger partial charge in [-0.25, -0.2) is 4.39 Å². The molecular formula is C11H12FO. The first kappa shape index (κ1) is 8.54. The molecule has 0 aromatic heterocycles. The van der Waals surface area contributed by atoms with E-state index in [1.54, 1.807) is 12.1 Å².